The molecule has 0 aliphatic heterocycles. The molecule has 1 amide bonds. The normalized spacial score (nSPS) is 13.1. The van der Waals surface area contributed by atoms with Crippen LogP contribution in [0.5, 0.6) is 0 Å². The Bertz CT molecular complexity index is 1090. The van der Waals surface area contributed by atoms with Gasteiger partial charge < -0.3 is 5.32 Å². The van der Waals surface area contributed by atoms with E-state index in [0.717, 1.165) is 28.9 Å². The zero-order valence-corrected chi connectivity index (χ0v) is 18.3. The first-order valence-corrected chi connectivity index (χ1v) is 10.7. The molecular formula is C22H19F6N3OS. The standard InChI is InChI=1S/C22H19F6N3OS/c1-3-13-4-6-14(7-5-13)8-18(29-12(2)32)20-31-30-19(33-20)15-9-16(21(23,24)25)11-17(10-15)22(26,27)28/h4-7,9-11,18H,3,8H2,1-2H3,(H,29,32). The maximum atomic E-state index is 13.2. The lowest BCUT2D eigenvalue weighted by Crippen LogP contribution is -2.27. The van der Waals surface area contributed by atoms with Crippen molar-refractivity contribution in [3.05, 3.63) is 69.7 Å². The van der Waals surface area contributed by atoms with E-state index in [1.807, 2.05) is 31.2 Å². The van der Waals surface area contributed by atoms with Crippen LogP contribution in [-0.2, 0) is 30.0 Å². The van der Waals surface area contributed by atoms with Crippen molar-refractivity contribution in [2.75, 3.05) is 0 Å². The van der Waals surface area contributed by atoms with Gasteiger partial charge in [-0.05, 0) is 42.2 Å². The summed E-state index contributed by atoms with van der Waals surface area (Å²) in [6.07, 6.45) is -8.75. The number of aromatic nitrogens is 2. The molecule has 1 heterocycles. The van der Waals surface area contributed by atoms with Crippen LogP contribution in [0.15, 0.2) is 42.5 Å². The van der Waals surface area contributed by atoms with Gasteiger partial charge in [-0.2, -0.15) is 26.3 Å². The number of hydrogen-bond donors (Lipinski definition) is 1. The topological polar surface area (TPSA) is 54.9 Å². The van der Waals surface area contributed by atoms with Gasteiger partial charge in [-0.15, -0.1) is 10.2 Å². The highest BCUT2D eigenvalue weighted by Crippen LogP contribution is 2.39. The van der Waals surface area contributed by atoms with Crippen LogP contribution in [-0.4, -0.2) is 16.1 Å². The number of hydrogen-bond acceptors (Lipinski definition) is 4. The third kappa shape index (κ3) is 6.31. The van der Waals surface area contributed by atoms with Crippen molar-refractivity contribution in [1.29, 1.82) is 0 Å². The van der Waals surface area contributed by atoms with E-state index in [1.54, 1.807) is 0 Å². The third-order valence-electron chi connectivity index (χ3n) is 4.82. The Morgan fingerprint density at radius 3 is 1.97 bits per heavy atom. The highest BCUT2D eigenvalue weighted by atomic mass is 32.1. The molecule has 3 rings (SSSR count). The molecule has 1 N–H and O–H groups in total. The SMILES string of the molecule is CCc1ccc(CC(NC(C)=O)c2nnc(-c3cc(C(F)(F)F)cc(C(F)(F)F)c3)s2)cc1. The summed E-state index contributed by atoms with van der Waals surface area (Å²) in [6.45, 7) is 3.31. The number of aryl methyl sites for hydroxylation is 1. The first kappa shape index (κ1) is 24.7. The Morgan fingerprint density at radius 1 is 0.939 bits per heavy atom. The summed E-state index contributed by atoms with van der Waals surface area (Å²) in [7, 11) is 0. The molecule has 0 saturated carbocycles. The maximum Gasteiger partial charge on any atom is 0.416 e. The first-order chi connectivity index (χ1) is 15.4. The average Bonchev–Trinajstić information content (AvgIpc) is 3.22. The molecule has 0 aliphatic rings. The van der Waals surface area contributed by atoms with Crippen molar-refractivity contribution in [3.8, 4) is 10.6 Å². The largest absolute Gasteiger partial charge is 0.416 e. The molecule has 33 heavy (non-hydrogen) atoms. The predicted molar refractivity (Wildman–Crippen MR) is 111 cm³/mol. The minimum Gasteiger partial charge on any atom is -0.347 e. The van der Waals surface area contributed by atoms with Crippen molar-refractivity contribution in [2.45, 2.75) is 45.1 Å². The van der Waals surface area contributed by atoms with Gasteiger partial charge in [-0.3, -0.25) is 4.79 Å². The molecule has 2 aromatic carbocycles. The predicted octanol–water partition coefficient (Wildman–Crippen LogP) is 6.23. The molecule has 176 valence electrons. The average molecular weight is 487 g/mol. The molecule has 0 fully saturated rings. The maximum absolute atomic E-state index is 13.2. The van der Waals surface area contributed by atoms with Gasteiger partial charge in [-0.25, -0.2) is 0 Å². The molecule has 0 radical (unpaired) electrons. The van der Waals surface area contributed by atoms with Gasteiger partial charge in [0.25, 0.3) is 0 Å². The number of halogens is 6. The molecule has 3 aromatic rings. The summed E-state index contributed by atoms with van der Waals surface area (Å²) >= 11 is 0.830. The Labute approximate surface area is 189 Å². The van der Waals surface area contributed by atoms with Crippen molar-refractivity contribution in [3.63, 3.8) is 0 Å². The molecule has 11 heteroatoms. The van der Waals surface area contributed by atoms with Crippen molar-refractivity contribution in [1.82, 2.24) is 15.5 Å². The zero-order chi connectivity index (χ0) is 24.4. The van der Waals surface area contributed by atoms with Gasteiger partial charge in [-0.1, -0.05) is 42.5 Å². The quantitative estimate of drug-likeness (QED) is 0.420. The second-order valence-corrected chi connectivity index (χ2v) is 8.38. The van der Waals surface area contributed by atoms with Crippen molar-refractivity contribution in [2.24, 2.45) is 0 Å². The van der Waals surface area contributed by atoms with Crippen LogP contribution < -0.4 is 5.32 Å². The second kappa shape index (κ2) is 9.50. The third-order valence-corrected chi connectivity index (χ3v) is 5.91. The van der Waals surface area contributed by atoms with Gasteiger partial charge in [0.2, 0.25) is 5.91 Å². The number of nitrogens with zero attached hydrogens (tertiary/aromatic N) is 2. The van der Waals surface area contributed by atoms with E-state index >= 15 is 0 Å². The molecular weight excluding hydrogens is 468 g/mol. The van der Waals surface area contributed by atoms with E-state index in [1.165, 1.54) is 6.92 Å². The first-order valence-electron chi connectivity index (χ1n) is 9.85. The van der Waals surface area contributed by atoms with E-state index in [0.29, 0.717) is 18.6 Å². The van der Waals surface area contributed by atoms with Crippen LogP contribution >= 0.6 is 11.3 Å². The fourth-order valence-corrected chi connectivity index (χ4v) is 4.04. The summed E-state index contributed by atoms with van der Waals surface area (Å²) in [5.74, 6) is -0.361. The molecule has 1 unspecified atom stereocenters. The second-order valence-electron chi connectivity index (χ2n) is 7.37. The Hall–Kier alpha value is -2.95. The van der Waals surface area contributed by atoms with E-state index in [9.17, 15) is 31.1 Å². The van der Waals surface area contributed by atoms with Crippen LogP contribution in [0.3, 0.4) is 0 Å². The van der Waals surface area contributed by atoms with Crippen LogP contribution in [0, 0.1) is 0 Å². The Balaban J connectivity index is 1.97. The fourth-order valence-electron chi connectivity index (χ4n) is 3.16. The number of amides is 1. The van der Waals surface area contributed by atoms with Gasteiger partial charge in [0.1, 0.15) is 10.0 Å². The summed E-state index contributed by atoms with van der Waals surface area (Å²) < 4.78 is 79.1. The number of carbonyl (C=O) groups is 1. The van der Waals surface area contributed by atoms with E-state index < -0.39 is 29.5 Å². The number of carbonyl (C=O) groups excluding carboxylic acids is 1. The molecule has 0 saturated heterocycles. The van der Waals surface area contributed by atoms with Gasteiger partial charge in [0.15, 0.2) is 0 Å². The fraction of sp³-hybridized carbons (Fsp3) is 0.318. The van der Waals surface area contributed by atoms with Crippen LogP contribution in [0.4, 0.5) is 26.3 Å². The van der Waals surface area contributed by atoms with Gasteiger partial charge in [0.05, 0.1) is 17.2 Å². The minimum absolute atomic E-state index is 0.0610. The number of rotatable bonds is 6. The molecule has 1 aromatic heterocycles. The summed E-state index contributed by atoms with van der Waals surface area (Å²) in [4.78, 5) is 11.7. The number of nitrogens with one attached hydrogen (secondary N) is 1. The monoisotopic (exact) mass is 487 g/mol. The summed E-state index contributed by atoms with van der Waals surface area (Å²) in [5, 5.41) is 10.6. The summed E-state index contributed by atoms with van der Waals surface area (Å²) in [6, 6.07) is 8.28. The van der Waals surface area contributed by atoms with Crippen LogP contribution in [0.1, 0.15) is 47.2 Å². The molecule has 4 nitrogen and oxygen atoms in total. The minimum atomic E-state index is -4.97. The smallest absolute Gasteiger partial charge is 0.347 e. The highest BCUT2D eigenvalue weighted by molar-refractivity contribution is 7.14. The zero-order valence-electron chi connectivity index (χ0n) is 17.5. The number of benzene rings is 2. The van der Waals surface area contributed by atoms with Crippen LogP contribution in [0.2, 0.25) is 0 Å². The van der Waals surface area contributed by atoms with E-state index in [-0.39, 0.29) is 27.6 Å². The van der Waals surface area contributed by atoms with Crippen LogP contribution in [0.25, 0.3) is 10.6 Å². The van der Waals surface area contributed by atoms with Gasteiger partial charge in [0, 0.05) is 12.5 Å². The summed E-state index contributed by atoms with van der Waals surface area (Å²) in [5.41, 5.74) is -1.22. The highest BCUT2D eigenvalue weighted by Gasteiger charge is 2.37. The molecule has 1 atom stereocenters. The lowest BCUT2D eigenvalue weighted by atomic mass is 10.0. The lowest BCUT2D eigenvalue weighted by molar-refractivity contribution is -0.143. The van der Waals surface area contributed by atoms with E-state index in [4.69, 9.17) is 0 Å². The lowest BCUT2D eigenvalue weighted by Gasteiger charge is -2.15. The Kier molecular flexibility index (Phi) is 7.11. The molecule has 0 aliphatic carbocycles. The molecule has 0 spiro atoms. The van der Waals surface area contributed by atoms with Crippen molar-refractivity contribution < 1.29 is 31.1 Å². The van der Waals surface area contributed by atoms with E-state index in [2.05, 4.69) is 15.5 Å². The molecule has 0 bridgehead atoms. The Morgan fingerprint density at radius 2 is 1.48 bits per heavy atom. The van der Waals surface area contributed by atoms with Gasteiger partial charge >= 0.3 is 12.4 Å². The van der Waals surface area contributed by atoms with Crippen molar-refractivity contribution >= 4 is 17.2 Å². The number of alkyl halides is 6.